The minimum absolute atomic E-state index is 0.709. The minimum Gasteiger partial charge on any atom is -0.315 e. The molecule has 4 heteroatoms. The zero-order chi connectivity index (χ0) is 8.93. The fourth-order valence-corrected chi connectivity index (χ4v) is 4.72. The monoisotopic (exact) mass is 218 g/mol. The summed E-state index contributed by atoms with van der Waals surface area (Å²) in [5, 5.41) is 8.00. The van der Waals surface area contributed by atoms with Crippen molar-refractivity contribution < 1.29 is 0 Å². The summed E-state index contributed by atoms with van der Waals surface area (Å²) in [5.74, 6) is 4.03. The van der Waals surface area contributed by atoms with Crippen LogP contribution in [0, 0.1) is 0 Å². The molecular weight excluding hydrogens is 200 g/mol. The van der Waals surface area contributed by atoms with Crippen LogP contribution in [0.15, 0.2) is 0 Å². The standard InChI is InChI=1S/C9H18N2S2/c1-2-10-6-8(11-3-1)9-7-12-4-5-13-9/h8-11H,1-7H2. The van der Waals surface area contributed by atoms with Crippen molar-refractivity contribution in [3.05, 3.63) is 0 Å². The lowest BCUT2D eigenvalue weighted by Crippen LogP contribution is -2.45. The third kappa shape index (κ3) is 3.05. The smallest absolute Gasteiger partial charge is 0.0319 e. The Balaban J connectivity index is 1.82. The first-order chi connectivity index (χ1) is 6.47. The van der Waals surface area contributed by atoms with Gasteiger partial charge in [-0.25, -0.2) is 0 Å². The van der Waals surface area contributed by atoms with Crippen LogP contribution >= 0.6 is 23.5 Å². The van der Waals surface area contributed by atoms with Gasteiger partial charge in [0.1, 0.15) is 0 Å². The van der Waals surface area contributed by atoms with Gasteiger partial charge in [-0.1, -0.05) is 0 Å². The molecule has 2 nitrogen and oxygen atoms in total. The van der Waals surface area contributed by atoms with E-state index < -0.39 is 0 Å². The molecule has 0 amide bonds. The lowest BCUT2D eigenvalue weighted by Gasteiger charge is -2.29. The maximum Gasteiger partial charge on any atom is 0.0319 e. The normalized spacial score (nSPS) is 36.9. The summed E-state index contributed by atoms with van der Waals surface area (Å²) in [6.07, 6.45) is 1.28. The van der Waals surface area contributed by atoms with Gasteiger partial charge in [0.2, 0.25) is 0 Å². The zero-order valence-electron chi connectivity index (χ0n) is 7.92. The van der Waals surface area contributed by atoms with E-state index in [-0.39, 0.29) is 0 Å². The van der Waals surface area contributed by atoms with Crippen LogP contribution < -0.4 is 10.6 Å². The van der Waals surface area contributed by atoms with Crippen molar-refractivity contribution in [1.29, 1.82) is 0 Å². The van der Waals surface area contributed by atoms with E-state index in [4.69, 9.17) is 0 Å². The summed E-state index contributed by atoms with van der Waals surface area (Å²) in [6, 6.07) is 0.709. The van der Waals surface area contributed by atoms with Crippen molar-refractivity contribution in [3.8, 4) is 0 Å². The average molecular weight is 218 g/mol. The van der Waals surface area contributed by atoms with Gasteiger partial charge in [0.15, 0.2) is 0 Å². The highest BCUT2D eigenvalue weighted by atomic mass is 32.2. The molecule has 0 bridgehead atoms. The van der Waals surface area contributed by atoms with Crippen molar-refractivity contribution in [2.75, 3.05) is 36.9 Å². The van der Waals surface area contributed by atoms with E-state index in [0.717, 1.165) is 11.8 Å². The molecule has 2 unspecified atom stereocenters. The largest absolute Gasteiger partial charge is 0.315 e. The fourth-order valence-electron chi connectivity index (χ4n) is 1.83. The molecule has 0 aromatic rings. The molecule has 0 spiro atoms. The van der Waals surface area contributed by atoms with Crippen LogP contribution in [0.3, 0.4) is 0 Å². The number of thioether (sulfide) groups is 2. The van der Waals surface area contributed by atoms with Gasteiger partial charge in [-0.2, -0.15) is 23.5 Å². The Kier molecular flexibility index (Phi) is 4.28. The maximum atomic E-state index is 3.65. The van der Waals surface area contributed by atoms with Crippen molar-refractivity contribution in [3.63, 3.8) is 0 Å². The Hall–Kier alpha value is 0.620. The highest BCUT2D eigenvalue weighted by Gasteiger charge is 2.24. The summed E-state index contributed by atoms with van der Waals surface area (Å²) in [4.78, 5) is 0. The number of nitrogens with one attached hydrogen (secondary N) is 2. The highest BCUT2D eigenvalue weighted by Crippen LogP contribution is 2.26. The molecule has 2 saturated heterocycles. The summed E-state index contributed by atoms with van der Waals surface area (Å²) >= 11 is 4.27. The molecule has 13 heavy (non-hydrogen) atoms. The molecule has 0 aromatic carbocycles. The Morgan fingerprint density at radius 1 is 1.15 bits per heavy atom. The quantitative estimate of drug-likeness (QED) is 0.679. The van der Waals surface area contributed by atoms with E-state index >= 15 is 0 Å². The summed E-state index contributed by atoms with van der Waals surface area (Å²) in [7, 11) is 0. The van der Waals surface area contributed by atoms with Crippen molar-refractivity contribution >= 4 is 23.5 Å². The van der Waals surface area contributed by atoms with Gasteiger partial charge < -0.3 is 10.6 Å². The van der Waals surface area contributed by atoms with Crippen LogP contribution in [0.5, 0.6) is 0 Å². The van der Waals surface area contributed by atoms with E-state index in [1.54, 1.807) is 0 Å². The van der Waals surface area contributed by atoms with Crippen LogP contribution in [0.4, 0.5) is 0 Å². The fraction of sp³-hybridized carbons (Fsp3) is 1.00. The Labute approximate surface area is 89.0 Å². The van der Waals surface area contributed by atoms with Crippen LogP contribution in [0.1, 0.15) is 6.42 Å². The van der Waals surface area contributed by atoms with Crippen LogP contribution in [-0.2, 0) is 0 Å². The number of hydrogen-bond acceptors (Lipinski definition) is 4. The molecular formula is C9H18N2S2. The van der Waals surface area contributed by atoms with Gasteiger partial charge >= 0.3 is 0 Å². The van der Waals surface area contributed by atoms with Gasteiger partial charge in [0.05, 0.1) is 0 Å². The third-order valence-corrected chi connectivity index (χ3v) is 5.51. The van der Waals surface area contributed by atoms with Gasteiger partial charge in [-0.3, -0.25) is 0 Å². The maximum absolute atomic E-state index is 3.65. The molecule has 76 valence electrons. The van der Waals surface area contributed by atoms with Gasteiger partial charge in [-0.15, -0.1) is 0 Å². The molecule has 2 heterocycles. The van der Waals surface area contributed by atoms with E-state index in [1.807, 2.05) is 0 Å². The predicted octanol–water partition coefficient (Wildman–Crippen LogP) is 0.786. The molecule has 2 aliphatic rings. The van der Waals surface area contributed by atoms with E-state index in [9.17, 15) is 0 Å². The Bertz CT molecular complexity index is 141. The van der Waals surface area contributed by atoms with Gasteiger partial charge in [-0.05, 0) is 19.5 Å². The lowest BCUT2D eigenvalue weighted by molar-refractivity contribution is 0.525. The molecule has 0 aromatic heterocycles. The molecule has 2 atom stereocenters. The van der Waals surface area contributed by atoms with Gasteiger partial charge in [0.25, 0.3) is 0 Å². The predicted molar refractivity (Wildman–Crippen MR) is 62.8 cm³/mol. The Morgan fingerprint density at radius 2 is 2.15 bits per heavy atom. The molecule has 2 fully saturated rings. The van der Waals surface area contributed by atoms with Crippen LogP contribution in [-0.4, -0.2) is 48.2 Å². The van der Waals surface area contributed by atoms with Crippen LogP contribution in [0.2, 0.25) is 0 Å². The Morgan fingerprint density at radius 3 is 3.00 bits per heavy atom. The number of hydrogen-bond donors (Lipinski definition) is 2. The second kappa shape index (κ2) is 5.49. The highest BCUT2D eigenvalue weighted by molar-refractivity contribution is 8.06. The van der Waals surface area contributed by atoms with Crippen LogP contribution in [0.25, 0.3) is 0 Å². The topological polar surface area (TPSA) is 24.1 Å². The lowest BCUT2D eigenvalue weighted by atomic mass is 10.2. The van der Waals surface area contributed by atoms with E-state index in [0.29, 0.717) is 6.04 Å². The first-order valence-corrected chi connectivity index (χ1v) is 7.30. The van der Waals surface area contributed by atoms with Gasteiger partial charge in [0, 0.05) is 35.1 Å². The molecule has 2 N–H and O–H groups in total. The summed E-state index contributed by atoms with van der Waals surface area (Å²) in [5.41, 5.74) is 0. The molecule has 2 rings (SSSR count). The van der Waals surface area contributed by atoms with E-state index in [2.05, 4.69) is 34.2 Å². The summed E-state index contributed by atoms with van der Waals surface area (Å²) < 4.78 is 0. The first-order valence-electron chi connectivity index (χ1n) is 5.10. The second-order valence-electron chi connectivity index (χ2n) is 3.60. The second-order valence-corrected chi connectivity index (χ2v) is 6.10. The molecule has 0 radical (unpaired) electrons. The van der Waals surface area contributed by atoms with Crippen molar-refractivity contribution in [1.82, 2.24) is 10.6 Å². The average Bonchev–Trinajstić information content (AvgIpc) is 2.47. The minimum atomic E-state index is 0.709. The van der Waals surface area contributed by atoms with Crippen molar-refractivity contribution in [2.24, 2.45) is 0 Å². The van der Waals surface area contributed by atoms with E-state index in [1.165, 1.54) is 36.8 Å². The zero-order valence-corrected chi connectivity index (χ0v) is 9.55. The van der Waals surface area contributed by atoms with Crippen molar-refractivity contribution in [2.45, 2.75) is 17.7 Å². The number of rotatable bonds is 1. The first kappa shape index (κ1) is 10.1. The third-order valence-electron chi connectivity index (χ3n) is 2.59. The molecule has 0 aliphatic carbocycles. The molecule has 2 aliphatic heterocycles. The SMILES string of the molecule is C1CNCC(C2CSCCS2)NC1. The molecule has 0 saturated carbocycles. The summed E-state index contributed by atoms with van der Waals surface area (Å²) in [6.45, 7) is 3.55.